The van der Waals surface area contributed by atoms with Crippen molar-refractivity contribution in [3.63, 3.8) is 0 Å². The Morgan fingerprint density at radius 2 is 1.71 bits per heavy atom. The number of aryl methyl sites for hydroxylation is 1. The molecule has 0 aliphatic rings. The maximum atomic E-state index is 9.21. The molecular weight excluding hydrogens is 180 g/mol. The summed E-state index contributed by atoms with van der Waals surface area (Å²) in [5, 5.41) is 26.9. The molecule has 0 aliphatic carbocycles. The smallest absolute Gasteiger partial charge is 0.157 e. The molecule has 0 fully saturated rings. The minimum Gasteiger partial charge on any atom is -0.504 e. The zero-order valence-corrected chi connectivity index (χ0v) is 8.11. The van der Waals surface area contributed by atoms with Crippen LogP contribution in [0.1, 0.15) is 24.8 Å². The van der Waals surface area contributed by atoms with Crippen LogP contribution in [0, 0.1) is 0 Å². The van der Waals surface area contributed by atoms with Gasteiger partial charge in [-0.15, -0.1) is 0 Å². The van der Waals surface area contributed by atoms with E-state index in [1.165, 1.54) is 6.07 Å². The Morgan fingerprint density at radius 3 is 2.36 bits per heavy atom. The maximum Gasteiger partial charge on any atom is 0.157 e. The molecule has 0 saturated heterocycles. The number of aliphatic hydroxyl groups excluding tert-OH is 1. The molecule has 0 radical (unpaired) electrons. The molecule has 3 heteroatoms. The van der Waals surface area contributed by atoms with Gasteiger partial charge in [-0.2, -0.15) is 0 Å². The van der Waals surface area contributed by atoms with Gasteiger partial charge in [-0.25, -0.2) is 0 Å². The van der Waals surface area contributed by atoms with Crippen molar-refractivity contribution in [1.82, 2.24) is 0 Å². The fraction of sp³-hybridized carbons (Fsp3) is 0.455. The second kappa shape index (κ2) is 5.50. The average Bonchev–Trinajstić information content (AvgIpc) is 2.18. The quantitative estimate of drug-likeness (QED) is 0.497. The molecular formula is C11H16O3. The van der Waals surface area contributed by atoms with E-state index >= 15 is 0 Å². The van der Waals surface area contributed by atoms with E-state index in [1.807, 2.05) is 0 Å². The molecule has 1 aromatic rings. The number of rotatable bonds is 5. The predicted octanol–water partition coefficient (Wildman–Crippen LogP) is 1.80. The molecule has 1 rings (SSSR count). The normalized spacial score (nSPS) is 10.4. The molecule has 0 spiro atoms. The van der Waals surface area contributed by atoms with Gasteiger partial charge in [0, 0.05) is 6.61 Å². The van der Waals surface area contributed by atoms with E-state index in [9.17, 15) is 5.11 Å². The molecule has 78 valence electrons. The molecule has 0 heterocycles. The topological polar surface area (TPSA) is 60.7 Å². The predicted molar refractivity (Wildman–Crippen MR) is 54.4 cm³/mol. The van der Waals surface area contributed by atoms with Crippen LogP contribution in [0.2, 0.25) is 0 Å². The van der Waals surface area contributed by atoms with Gasteiger partial charge in [0.1, 0.15) is 0 Å². The van der Waals surface area contributed by atoms with E-state index in [-0.39, 0.29) is 18.1 Å². The lowest BCUT2D eigenvalue weighted by Crippen LogP contribution is -1.88. The van der Waals surface area contributed by atoms with Gasteiger partial charge < -0.3 is 15.3 Å². The number of phenols is 2. The lowest BCUT2D eigenvalue weighted by Gasteiger charge is -2.03. The standard InChI is InChI=1S/C11H16O3/c12-7-3-1-2-4-9-5-6-10(13)11(14)8-9/h5-6,8,12-14H,1-4,7H2. The zero-order valence-electron chi connectivity index (χ0n) is 8.11. The van der Waals surface area contributed by atoms with Crippen molar-refractivity contribution in [1.29, 1.82) is 0 Å². The molecule has 0 saturated carbocycles. The van der Waals surface area contributed by atoms with Crippen molar-refractivity contribution in [3.05, 3.63) is 23.8 Å². The van der Waals surface area contributed by atoms with Crippen molar-refractivity contribution in [2.24, 2.45) is 0 Å². The molecule has 3 N–H and O–H groups in total. The van der Waals surface area contributed by atoms with Crippen LogP contribution in [-0.4, -0.2) is 21.9 Å². The number of aliphatic hydroxyl groups is 1. The number of aromatic hydroxyl groups is 2. The van der Waals surface area contributed by atoms with E-state index in [0.29, 0.717) is 0 Å². The van der Waals surface area contributed by atoms with Crippen LogP contribution in [0.5, 0.6) is 11.5 Å². The third kappa shape index (κ3) is 3.26. The van der Waals surface area contributed by atoms with Crippen molar-refractivity contribution >= 4 is 0 Å². The molecule has 0 aromatic heterocycles. The number of unbranched alkanes of at least 4 members (excludes halogenated alkanes) is 2. The Morgan fingerprint density at radius 1 is 0.929 bits per heavy atom. The van der Waals surface area contributed by atoms with Crippen LogP contribution in [0.15, 0.2) is 18.2 Å². The lowest BCUT2D eigenvalue weighted by atomic mass is 10.1. The van der Waals surface area contributed by atoms with Gasteiger partial charge in [-0.1, -0.05) is 12.5 Å². The van der Waals surface area contributed by atoms with Crippen molar-refractivity contribution in [3.8, 4) is 11.5 Å². The lowest BCUT2D eigenvalue weighted by molar-refractivity contribution is 0.283. The van der Waals surface area contributed by atoms with Crippen LogP contribution in [-0.2, 0) is 6.42 Å². The number of phenolic OH excluding ortho intramolecular Hbond substituents is 2. The molecule has 0 aliphatic heterocycles. The molecule has 0 atom stereocenters. The highest BCUT2D eigenvalue weighted by molar-refractivity contribution is 5.40. The molecule has 0 amide bonds. The monoisotopic (exact) mass is 196 g/mol. The molecule has 3 nitrogen and oxygen atoms in total. The van der Waals surface area contributed by atoms with Crippen LogP contribution in [0.3, 0.4) is 0 Å². The van der Waals surface area contributed by atoms with Gasteiger partial charge in [0.05, 0.1) is 0 Å². The fourth-order valence-corrected chi connectivity index (χ4v) is 1.34. The first kappa shape index (κ1) is 10.9. The third-order valence-electron chi connectivity index (χ3n) is 2.16. The molecule has 0 bridgehead atoms. The fourth-order valence-electron chi connectivity index (χ4n) is 1.34. The van der Waals surface area contributed by atoms with E-state index in [2.05, 4.69) is 0 Å². The summed E-state index contributed by atoms with van der Waals surface area (Å²) >= 11 is 0. The Balaban J connectivity index is 2.39. The summed E-state index contributed by atoms with van der Waals surface area (Å²) in [6, 6.07) is 4.87. The first-order valence-electron chi connectivity index (χ1n) is 4.86. The first-order chi connectivity index (χ1) is 6.74. The Kier molecular flexibility index (Phi) is 4.26. The van der Waals surface area contributed by atoms with E-state index in [1.54, 1.807) is 12.1 Å². The number of hydrogen-bond donors (Lipinski definition) is 3. The second-order valence-electron chi connectivity index (χ2n) is 3.36. The summed E-state index contributed by atoms with van der Waals surface area (Å²) < 4.78 is 0. The SMILES string of the molecule is OCCCCCc1ccc(O)c(O)c1. The summed E-state index contributed by atoms with van der Waals surface area (Å²) in [6.07, 6.45) is 3.67. The van der Waals surface area contributed by atoms with Crippen LogP contribution >= 0.6 is 0 Å². The summed E-state index contributed by atoms with van der Waals surface area (Å²) in [5.74, 6) is -0.145. The highest BCUT2D eigenvalue weighted by atomic mass is 16.3. The highest BCUT2D eigenvalue weighted by Crippen LogP contribution is 2.25. The van der Waals surface area contributed by atoms with Crippen molar-refractivity contribution in [2.75, 3.05) is 6.61 Å². The summed E-state index contributed by atoms with van der Waals surface area (Å²) in [7, 11) is 0. The maximum absolute atomic E-state index is 9.21. The summed E-state index contributed by atoms with van der Waals surface area (Å²) in [5.41, 5.74) is 1.01. The molecule has 14 heavy (non-hydrogen) atoms. The molecule has 0 unspecified atom stereocenters. The number of hydrogen-bond acceptors (Lipinski definition) is 3. The highest BCUT2D eigenvalue weighted by Gasteiger charge is 2.00. The average molecular weight is 196 g/mol. The molecule has 1 aromatic carbocycles. The number of benzene rings is 1. The van der Waals surface area contributed by atoms with Crippen molar-refractivity contribution in [2.45, 2.75) is 25.7 Å². The zero-order chi connectivity index (χ0) is 10.4. The Bertz CT molecular complexity index is 284. The Hall–Kier alpha value is -1.22. The van der Waals surface area contributed by atoms with Gasteiger partial charge in [0.25, 0.3) is 0 Å². The second-order valence-corrected chi connectivity index (χ2v) is 3.36. The largest absolute Gasteiger partial charge is 0.504 e. The third-order valence-corrected chi connectivity index (χ3v) is 2.16. The van der Waals surface area contributed by atoms with Gasteiger partial charge >= 0.3 is 0 Å². The van der Waals surface area contributed by atoms with E-state index in [0.717, 1.165) is 31.2 Å². The van der Waals surface area contributed by atoms with Gasteiger partial charge in [0.2, 0.25) is 0 Å². The van der Waals surface area contributed by atoms with Crippen LogP contribution in [0.25, 0.3) is 0 Å². The van der Waals surface area contributed by atoms with Crippen LogP contribution in [0.4, 0.5) is 0 Å². The first-order valence-corrected chi connectivity index (χ1v) is 4.86. The van der Waals surface area contributed by atoms with Gasteiger partial charge in [0.15, 0.2) is 11.5 Å². The van der Waals surface area contributed by atoms with Gasteiger partial charge in [-0.05, 0) is 37.0 Å². The minimum absolute atomic E-state index is 0.0651. The summed E-state index contributed by atoms with van der Waals surface area (Å²) in [4.78, 5) is 0. The van der Waals surface area contributed by atoms with Gasteiger partial charge in [-0.3, -0.25) is 0 Å². The van der Waals surface area contributed by atoms with E-state index < -0.39 is 0 Å². The minimum atomic E-state index is -0.0795. The summed E-state index contributed by atoms with van der Waals surface area (Å²) in [6.45, 7) is 0.237. The Labute approximate surface area is 83.6 Å². The van der Waals surface area contributed by atoms with E-state index in [4.69, 9.17) is 10.2 Å². The van der Waals surface area contributed by atoms with Crippen LogP contribution < -0.4 is 0 Å². The van der Waals surface area contributed by atoms with Crippen molar-refractivity contribution < 1.29 is 15.3 Å².